The molecule has 0 atom stereocenters. The van der Waals surface area contributed by atoms with Crippen molar-refractivity contribution >= 4 is 0 Å². The minimum Gasteiger partial charge on any atom is -0.386 e. The van der Waals surface area contributed by atoms with Crippen molar-refractivity contribution in [3.05, 3.63) is 11.6 Å². The number of rotatable bonds is 4. The van der Waals surface area contributed by atoms with Gasteiger partial charge in [0.2, 0.25) is 0 Å². The molecule has 0 amide bonds. The molecule has 0 aromatic heterocycles. The molecule has 0 aromatic rings. The first-order chi connectivity index (χ1) is 8.24. The van der Waals surface area contributed by atoms with Crippen molar-refractivity contribution in [1.82, 2.24) is 5.32 Å². The van der Waals surface area contributed by atoms with E-state index in [1.807, 2.05) is 0 Å². The minimum absolute atomic E-state index is 0.454. The first-order valence-corrected chi connectivity index (χ1v) is 7.40. The zero-order chi connectivity index (χ0) is 12.1. The maximum absolute atomic E-state index is 10.7. The number of allylic oxidation sites excluding steroid dienone is 1. The third kappa shape index (κ3) is 3.32. The number of hydrogen-bond acceptors (Lipinski definition) is 2. The van der Waals surface area contributed by atoms with E-state index in [0.717, 1.165) is 38.6 Å². The lowest BCUT2D eigenvalue weighted by Gasteiger charge is -2.39. The van der Waals surface area contributed by atoms with Crippen molar-refractivity contribution in [2.75, 3.05) is 6.54 Å². The molecule has 0 saturated heterocycles. The Morgan fingerprint density at radius 3 is 2.71 bits per heavy atom. The molecule has 17 heavy (non-hydrogen) atoms. The van der Waals surface area contributed by atoms with E-state index in [9.17, 15) is 5.11 Å². The van der Waals surface area contributed by atoms with Crippen LogP contribution in [0.25, 0.3) is 0 Å². The van der Waals surface area contributed by atoms with Crippen LogP contribution in [0.4, 0.5) is 0 Å². The molecule has 2 heteroatoms. The Morgan fingerprint density at radius 2 is 2.12 bits per heavy atom. The topological polar surface area (TPSA) is 32.3 Å². The highest BCUT2D eigenvalue weighted by atomic mass is 16.3. The molecule has 0 aliphatic heterocycles. The van der Waals surface area contributed by atoms with Crippen molar-refractivity contribution < 1.29 is 5.11 Å². The standard InChI is InChI=1S/C15H27NO/c1-2-12-16-14-8-10-15(17,11-9-14)13-6-4-3-5-7-13/h6,14,16-17H,2-5,7-12H2,1H3. The maximum Gasteiger partial charge on any atom is 0.0857 e. The number of nitrogens with one attached hydrogen (secondary N) is 1. The highest BCUT2D eigenvalue weighted by Gasteiger charge is 2.36. The summed E-state index contributed by atoms with van der Waals surface area (Å²) < 4.78 is 0. The quantitative estimate of drug-likeness (QED) is 0.736. The fourth-order valence-electron chi connectivity index (χ4n) is 3.23. The van der Waals surface area contributed by atoms with Crippen LogP contribution in [-0.2, 0) is 0 Å². The lowest BCUT2D eigenvalue weighted by molar-refractivity contribution is 0.0263. The third-order valence-electron chi connectivity index (χ3n) is 4.38. The van der Waals surface area contributed by atoms with Crippen molar-refractivity contribution in [3.63, 3.8) is 0 Å². The zero-order valence-corrected chi connectivity index (χ0v) is 11.2. The van der Waals surface area contributed by atoms with Crippen LogP contribution in [0.3, 0.4) is 0 Å². The SMILES string of the molecule is CCCNC1CCC(O)(C2=CCCCC2)CC1. The Balaban J connectivity index is 1.86. The van der Waals surface area contributed by atoms with E-state index < -0.39 is 5.60 Å². The van der Waals surface area contributed by atoms with Gasteiger partial charge >= 0.3 is 0 Å². The molecule has 0 heterocycles. The van der Waals surface area contributed by atoms with Gasteiger partial charge in [0.05, 0.1) is 5.60 Å². The number of aliphatic hydroxyl groups is 1. The van der Waals surface area contributed by atoms with Gasteiger partial charge < -0.3 is 10.4 Å². The summed E-state index contributed by atoms with van der Waals surface area (Å²) in [5.74, 6) is 0. The summed E-state index contributed by atoms with van der Waals surface area (Å²) in [6.45, 7) is 3.32. The van der Waals surface area contributed by atoms with E-state index in [-0.39, 0.29) is 0 Å². The minimum atomic E-state index is -0.454. The second kappa shape index (κ2) is 6.01. The third-order valence-corrected chi connectivity index (χ3v) is 4.38. The highest BCUT2D eigenvalue weighted by Crippen LogP contribution is 2.38. The second-order valence-corrected chi connectivity index (χ2v) is 5.74. The molecule has 0 bridgehead atoms. The predicted molar refractivity (Wildman–Crippen MR) is 72.1 cm³/mol. The summed E-state index contributed by atoms with van der Waals surface area (Å²) in [6, 6.07) is 0.638. The fraction of sp³-hybridized carbons (Fsp3) is 0.867. The normalized spacial score (nSPS) is 34.5. The first kappa shape index (κ1) is 13.1. The van der Waals surface area contributed by atoms with E-state index in [1.165, 1.54) is 31.3 Å². The summed E-state index contributed by atoms with van der Waals surface area (Å²) >= 11 is 0. The Bertz CT molecular complexity index is 264. The summed E-state index contributed by atoms with van der Waals surface area (Å²) in [5, 5.41) is 14.3. The van der Waals surface area contributed by atoms with Crippen molar-refractivity contribution in [2.24, 2.45) is 0 Å². The van der Waals surface area contributed by atoms with Gasteiger partial charge in [-0.05, 0) is 69.9 Å². The molecule has 0 spiro atoms. The lowest BCUT2D eigenvalue weighted by atomic mass is 9.74. The summed E-state index contributed by atoms with van der Waals surface area (Å²) in [7, 11) is 0. The van der Waals surface area contributed by atoms with Crippen molar-refractivity contribution in [2.45, 2.75) is 76.4 Å². The van der Waals surface area contributed by atoms with Gasteiger partial charge in [0, 0.05) is 6.04 Å². The van der Waals surface area contributed by atoms with Crippen molar-refractivity contribution in [1.29, 1.82) is 0 Å². The smallest absolute Gasteiger partial charge is 0.0857 e. The Kier molecular flexibility index (Phi) is 4.63. The van der Waals surface area contributed by atoms with E-state index >= 15 is 0 Å². The molecule has 0 unspecified atom stereocenters. The monoisotopic (exact) mass is 237 g/mol. The molecule has 2 N–H and O–H groups in total. The zero-order valence-electron chi connectivity index (χ0n) is 11.2. The van der Waals surface area contributed by atoms with Gasteiger partial charge in [-0.15, -0.1) is 0 Å². The van der Waals surface area contributed by atoms with Crippen molar-refractivity contribution in [3.8, 4) is 0 Å². The molecule has 2 rings (SSSR count). The molecule has 98 valence electrons. The predicted octanol–water partition coefficient (Wildman–Crippen LogP) is 3.16. The summed E-state index contributed by atoms with van der Waals surface area (Å²) in [6.07, 6.45) is 12.6. The van der Waals surface area contributed by atoms with Gasteiger partial charge in [0.15, 0.2) is 0 Å². The van der Waals surface area contributed by atoms with Gasteiger partial charge in [-0.1, -0.05) is 13.0 Å². The molecular formula is C15H27NO. The van der Waals surface area contributed by atoms with Gasteiger partial charge in [-0.25, -0.2) is 0 Å². The Labute approximate surface area is 105 Å². The van der Waals surface area contributed by atoms with E-state index in [0.29, 0.717) is 6.04 Å². The van der Waals surface area contributed by atoms with E-state index in [4.69, 9.17) is 0 Å². The van der Waals surface area contributed by atoms with Crippen LogP contribution in [0.1, 0.15) is 64.7 Å². The van der Waals surface area contributed by atoms with Crippen LogP contribution in [0.15, 0.2) is 11.6 Å². The van der Waals surface area contributed by atoms with Crippen LogP contribution in [0.5, 0.6) is 0 Å². The largest absolute Gasteiger partial charge is 0.386 e. The first-order valence-electron chi connectivity index (χ1n) is 7.40. The maximum atomic E-state index is 10.7. The van der Waals surface area contributed by atoms with E-state index in [2.05, 4.69) is 18.3 Å². The van der Waals surface area contributed by atoms with Gasteiger partial charge in [0.25, 0.3) is 0 Å². The Morgan fingerprint density at radius 1 is 1.35 bits per heavy atom. The van der Waals surface area contributed by atoms with E-state index in [1.54, 1.807) is 0 Å². The van der Waals surface area contributed by atoms with Gasteiger partial charge in [0.1, 0.15) is 0 Å². The summed E-state index contributed by atoms with van der Waals surface area (Å²) in [5.41, 5.74) is 0.892. The van der Waals surface area contributed by atoms with Crippen LogP contribution >= 0.6 is 0 Å². The summed E-state index contributed by atoms with van der Waals surface area (Å²) in [4.78, 5) is 0. The average molecular weight is 237 g/mol. The van der Waals surface area contributed by atoms with Crippen LogP contribution < -0.4 is 5.32 Å². The molecule has 2 aliphatic rings. The molecule has 1 fully saturated rings. The highest BCUT2D eigenvalue weighted by molar-refractivity contribution is 5.19. The fourth-order valence-corrected chi connectivity index (χ4v) is 3.23. The molecular weight excluding hydrogens is 210 g/mol. The molecule has 2 nitrogen and oxygen atoms in total. The van der Waals surface area contributed by atoms with Gasteiger partial charge in [-0.3, -0.25) is 0 Å². The lowest BCUT2D eigenvalue weighted by Crippen LogP contribution is -2.42. The number of hydrogen-bond donors (Lipinski definition) is 2. The van der Waals surface area contributed by atoms with Crippen LogP contribution in [-0.4, -0.2) is 23.3 Å². The second-order valence-electron chi connectivity index (χ2n) is 5.74. The molecule has 0 radical (unpaired) electrons. The van der Waals surface area contributed by atoms with Crippen LogP contribution in [0.2, 0.25) is 0 Å². The molecule has 1 saturated carbocycles. The van der Waals surface area contributed by atoms with Crippen LogP contribution in [0, 0.1) is 0 Å². The van der Waals surface area contributed by atoms with Gasteiger partial charge in [-0.2, -0.15) is 0 Å². The molecule has 2 aliphatic carbocycles. The Hall–Kier alpha value is -0.340. The molecule has 0 aromatic carbocycles. The average Bonchev–Trinajstić information content (AvgIpc) is 2.39.